The third kappa shape index (κ3) is 5.11. The van der Waals surface area contributed by atoms with Crippen molar-refractivity contribution < 1.29 is 9.53 Å². The molecule has 1 aromatic carbocycles. The molecule has 1 rings (SSSR count). The van der Waals surface area contributed by atoms with E-state index in [1.807, 2.05) is 44.2 Å². The smallest absolute Gasteiger partial charge is 0.223 e. The Kier molecular flexibility index (Phi) is 6.71. The number of nitrogens with one attached hydrogen (secondary N) is 1. The normalized spacial score (nSPS) is 11.1. The molecule has 0 fully saturated rings. The summed E-state index contributed by atoms with van der Waals surface area (Å²) in [6.07, 6.45) is 2.00. The lowest BCUT2D eigenvalue weighted by Gasteiger charge is -2.30. The van der Waals surface area contributed by atoms with Crippen molar-refractivity contribution in [3.05, 3.63) is 30.3 Å². The minimum Gasteiger partial charge on any atom is -0.493 e. The van der Waals surface area contributed by atoms with Gasteiger partial charge in [-0.2, -0.15) is 0 Å². The summed E-state index contributed by atoms with van der Waals surface area (Å²) in [6.45, 7) is 4.45. The van der Waals surface area contributed by atoms with Gasteiger partial charge in [0.05, 0.1) is 18.6 Å². The van der Waals surface area contributed by atoms with Gasteiger partial charge in [-0.05, 0) is 25.0 Å². The van der Waals surface area contributed by atoms with Crippen molar-refractivity contribution in [3.63, 3.8) is 0 Å². The minimum atomic E-state index is -0.286. The molecule has 0 aliphatic rings. The molecule has 4 heteroatoms. The van der Waals surface area contributed by atoms with Gasteiger partial charge in [-0.3, -0.25) is 4.79 Å². The average Bonchev–Trinajstić information content (AvgIpc) is 2.46. The Bertz CT molecular complexity index is 369. The molecule has 19 heavy (non-hydrogen) atoms. The molecule has 0 bridgehead atoms. The van der Waals surface area contributed by atoms with Crippen molar-refractivity contribution in [1.29, 1.82) is 0 Å². The number of para-hydroxylation sites is 1. The number of benzene rings is 1. The number of alkyl halides is 1. The first-order valence-corrected chi connectivity index (χ1v) is 7.24. The largest absolute Gasteiger partial charge is 0.493 e. The van der Waals surface area contributed by atoms with Gasteiger partial charge in [0, 0.05) is 5.88 Å². The Morgan fingerprint density at radius 2 is 1.89 bits per heavy atom. The lowest BCUT2D eigenvalue weighted by atomic mass is 9.95. The van der Waals surface area contributed by atoms with Crippen molar-refractivity contribution in [1.82, 2.24) is 5.32 Å². The van der Waals surface area contributed by atoms with Gasteiger partial charge in [0.25, 0.3) is 0 Å². The first-order valence-electron chi connectivity index (χ1n) is 6.70. The molecule has 1 N–H and O–H groups in total. The standard InChI is InChI=1S/C15H22ClNO2/c1-3-15(4-2,12-16)17-14(18)10-11-19-13-8-6-5-7-9-13/h5-9H,3-4,10-12H2,1-2H3,(H,17,18). The van der Waals surface area contributed by atoms with Crippen LogP contribution in [0, 0.1) is 0 Å². The predicted molar refractivity (Wildman–Crippen MR) is 78.7 cm³/mol. The highest BCUT2D eigenvalue weighted by Crippen LogP contribution is 2.17. The molecule has 0 saturated heterocycles. The lowest BCUT2D eigenvalue weighted by Crippen LogP contribution is -2.49. The second-order valence-electron chi connectivity index (χ2n) is 4.58. The highest BCUT2D eigenvalue weighted by molar-refractivity contribution is 6.18. The van der Waals surface area contributed by atoms with Crippen LogP contribution < -0.4 is 10.1 Å². The number of halogens is 1. The number of carbonyl (C=O) groups is 1. The maximum Gasteiger partial charge on any atom is 0.223 e. The van der Waals surface area contributed by atoms with E-state index < -0.39 is 0 Å². The zero-order valence-electron chi connectivity index (χ0n) is 11.6. The predicted octanol–water partition coefficient (Wildman–Crippen LogP) is 3.37. The fourth-order valence-electron chi connectivity index (χ4n) is 1.79. The van der Waals surface area contributed by atoms with Crippen LogP contribution in [0.25, 0.3) is 0 Å². The molecule has 1 amide bonds. The molecule has 3 nitrogen and oxygen atoms in total. The van der Waals surface area contributed by atoms with Crippen molar-refractivity contribution >= 4 is 17.5 Å². The van der Waals surface area contributed by atoms with E-state index in [0.29, 0.717) is 18.9 Å². The van der Waals surface area contributed by atoms with Crippen LogP contribution in [0.1, 0.15) is 33.1 Å². The molecule has 0 aliphatic heterocycles. The number of hydrogen-bond donors (Lipinski definition) is 1. The molecule has 0 spiro atoms. The Morgan fingerprint density at radius 1 is 1.26 bits per heavy atom. The first-order chi connectivity index (χ1) is 9.15. The summed E-state index contributed by atoms with van der Waals surface area (Å²) >= 11 is 5.95. The van der Waals surface area contributed by atoms with E-state index in [0.717, 1.165) is 18.6 Å². The van der Waals surface area contributed by atoms with E-state index in [2.05, 4.69) is 5.32 Å². The van der Waals surface area contributed by atoms with Gasteiger partial charge in [0.15, 0.2) is 0 Å². The number of hydrogen-bond acceptors (Lipinski definition) is 2. The Labute approximate surface area is 120 Å². The summed E-state index contributed by atoms with van der Waals surface area (Å²) < 4.78 is 5.50. The SMILES string of the molecule is CCC(CC)(CCl)NC(=O)CCOc1ccccc1. The molecular formula is C15H22ClNO2. The Morgan fingerprint density at radius 3 is 2.42 bits per heavy atom. The molecule has 0 heterocycles. The van der Waals surface area contributed by atoms with Crippen molar-refractivity contribution in [2.24, 2.45) is 0 Å². The van der Waals surface area contributed by atoms with Gasteiger partial charge in [-0.1, -0.05) is 32.0 Å². The summed E-state index contributed by atoms with van der Waals surface area (Å²) in [7, 11) is 0. The van der Waals surface area contributed by atoms with Crippen molar-refractivity contribution in [2.75, 3.05) is 12.5 Å². The average molecular weight is 284 g/mol. The van der Waals surface area contributed by atoms with Crippen molar-refractivity contribution in [3.8, 4) is 5.75 Å². The third-order valence-electron chi connectivity index (χ3n) is 3.35. The van der Waals surface area contributed by atoms with Crippen LogP contribution in [0.5, 0.6) is 5.75 Å². The van der Waals surface area contributed by atoms with Gasteiger partial charge in [-0.15, -0.1) is 11.6 Å². The molecule has 0 radical (unpaired) electrons. The van der Waals surface area contributed by atoms with Gasteiger partial charge >= 0.3 is 0 Å². The van der Waals surface area contributed by atoms with E-state index in [1.165, 1.54) is 0 Å². The maximum atomic E-state index is 11.9. The van der Waals surface area contributed by atoms with Crippen LogP contribution in [-0.4, -0.2) is 23.9 Å². The van der Waals surface area contributed by atoms with E-state index in [9.17, 15) is 4.79 Å². The summed E-state index contributed by atoms with van der Waals surface area (Å²) in [6, 6.07) is 9.49. The van der Waals surface area contributed by atoms with Crippen LogP contribution in [0.3, 0.4) is 0 Å². The highest BCUT2D eigenvalue weighted by atomic mass is 35.5. The second kappa shape index (κ2) is 8.05. The van der Waals surface area contributed by atoms with Gasteiger partial charge in [0.2, 0.25) is 5.91 Å². The molecule has 0 atom stereocenters. The van der Waals surface area contributed by atoms with Crippen LogP contribution in [0.15, 0.2) is 30.3 Å². The first kappa shape index (κ1) is 15.8. The van der Waals surface area contributed by atoms with Crippen LogP contribution in [0.2, 0.25) is 0 Å². The summed E-state index contributed by atoms with van der Waals surface area (Å²) in [4.78, 5) is 11.9. The summed E-state index contributed by atoms with van der Waals surface area (Å²) in [5.74, 6) is 1.20. The van der Waals surface area contributed by atoms with Crippen LogP contribution in [-0.2, 0) is 4.79 Å². The lowest BCUT2D eigenvalue weighted by molar-refractivity contribution is -0.123. The molecule has 0 saturated carbocycles. The third-order valence-corrected chi connectivity index (χ3v) is 3.87. The van der Waals surface area contributed by atoms with E-state index in [-0.39, 0.29) is 11.4 Å². The Balaban J connectivity index is 2.35. The monoisotopic (exact) mass is 283 g/mol. The van der Waals surface area contributed by atoms with E-state index >= 15 is 0 Å². The number of carbonyl (C=O) groups excluding carboxylic acids is 1. The fraction of sp³-hybridized carbons (Fsp3) is 0.533. The highest BCUT2D eigenvalue weighted by Gasteiger charge is 2.26. The van der Waals surface area contributed by atoms with Gasteiger partial charge in [0.1, 0.15) is 5.75 Å². The zero-order chi connectivity index (χ0) is 14.1. The summed E-state index contributed by atoms with van der Waals surface area (Å²) in [5, 5.41) is 3.01. The fourth-order valence-corrected chi connectivity index (χ4v) is 2.23. The quantitative estimate of drug-likeness (QED) is 0.743. The van der Waals surface area contributed by atoms with Crippen LogP contribution in [0.4, 0.5) is 0 Å². The van der Waals surface area contributed by atoms with Gasteiger partial charge < -0.3 is 10.1 Å². The molecule has 0 aromatic heterocycles. The molecular weight excluding hydrogens is 262 g/mol. The molecule has 1 aromatic rings. The van der Waals surface area contributed by atoms with E-state index in [1.54, 1.807) is 0 Å². The number of ether oxygens (including phenoxy) is 1. The van der Waals surface area contributed by atoms with E-state index in [4.69, 9.17) is 16.3 Å². The van der Waals surface area contributed by atoms with Gasteiger partial charge in [-0.25, -0.2) is 0 Å². The zero-order valence-corrected chi connectivity index (χ0v) is 12.4. The topological polar surface area (TPSA) is 38.3 Å². The second-order valence-corrected chi connectivity index (χ2v) is 4.85. The molecule has 106 valence electrons. The number of amides is 1. The molecule has 0 unspecified atom stereocenters. The van der Waals surface area contributed by atoms with Crippen molar-refractivity contribution in [2.45, 2.75) is 38.6 Å². The minimum absolute atomic E-state index is 0.0136. The van der Waals surface area contributed by atoms with Crippen LogP contribution >= 0.6 is 11.6 Å². The molecule has 0 aliphatic carbocycles. The summed E-state index contributed by atoms with van der Waals surface area (Å²) in [5.41, 5.74) is -0.286. The Hall–Kier alpha value is -1.22. The maximum absolute atomic E-state index is 11.9. The number of rotatable bonds is 8.